The fourth-order valence-electron chi connectivity index (χ4n) is 3.75. The van der Waals surface area contributed by atoms with Crippen LogP contribution in [0.15, 0.2) is 35.7 Å². The molecule has 1 amide bonds. The lowest BCUT2D eigenvalue weighted by Gasteiger charge is -2.36. The van der Waals surface area contributed by atoms with Crippen molar-refractivity contribution in [3.8, 4) is 5.69 Å². The standard InChI is InChI=1S/C21H29N3O2S/c1-15-7-6-9-19(17(15)3)24-12-10-22-21(24)27-14-20(26)23-11-5-4-8-18(23)13-16(2)25/h6-7,9-10,12,16,18,25H,4-5,8,11,13-14H2,1-3H3/t16-,18+/m1/s1. The zero-order valence-electron chi connectivity index (χ0n) is 16.4. The second-order valence-corrected chi connectivity index (χ2v) is 8.35. The van der Waals surface area contributed by atoms with Crippen LogP contribution in [0.4, 0.5) is 0 Å². The van der Waals surface area contributed by atoms with Gasteiger partial charge in [-0.2, -0.15) is 0 Å². The zero-order valence-corrected chi connectivity index (χ0v) is 17.2. The van der Waals surface area contributed by atoms with Gasteiger partial charge in [0.05, 0.1) is 17.5 Å². The smallest absolute Gasteiger partial charge is 0.233 e. The van der Waals surface area contributed by atoms with E-state index in [1.165, 1.54) is 22.9 Å². The lowest BCUT2D eigenvalue weighted by Crippen LogP contribution is -2.45. The van der Waals surface area contributed by atoms with Crippen molar-refractivity contribution < 1.29 is 9.90 Å². The predicted molar refractivity (Wildman–Crippen MR) is 109 cm³/mol. The number of aliphatic hydroxyl groups is 1. The van der Waals surface area contributed by atoms with Crippen molar-refractivity contribution in [3.63, 3.8) is 0 Å². The van der Waals surface area contributed by atoms with Gasteiger partial charge in [0, 0.05) is 25.0 Å². The molecule has 0 radical (unpaired) electrons. The number of carbonyl (C=O) groups excluding carboxylic acids is 1. The van der Waals surface area contributed by atoms with E-state index in [0.29, 0.717) is 12.2 Å². The third-order valence-electron chi connectivity index (χ3n) is 5.33. The molecule has 1 saturated heterocycles. The average molecular weight is 388 g/mol. The van der Waals surface area contributed by atoms with Gasteiger partial charge in [-0.25, -0.2) is 4.98 Å². The first-order chi connectivity index (χ1) is 13.0. The number of benzene rings is 1. The maximum absolute atomic E-state index is 12.8. The maximum atomic E-state index is 12.8. The Labute approximate surface area is 165 Å². The van der Waals surface area contributed by atoms with Crippen LogP contribution in [0.3, 0.4) is 0 Å². The van der Waals surface area contributed by atoms with E-state index in [0.717, 1.165) is 36.7 Å². The number of aromatic nitrogens is 2. The Balaban J connectivity index is 1.69. The minimum atomic E-state index is -0.376. The molecule has 1 N–H and O–H groups in total. The fraction of sp³-hybridized carbons (Fsp3) is 0.524. The summed E-state index contributed by atoms with van der Waals surface area (Å²) in [6.45, 7) is 6.80. The highest BCUT2D eigenvalue weighted by Crippen LogP contribution is 2.26. The lowest BCUT2D eigenvalue weighted by atomic mass is 9.97. The van der Waals surface area contributed by atoms with E-state index in [9.17, 15) is 9.90 Å². The number of nitrogens with zero attached hydrogens (tertiary/aromatic N) is 3. The van der Waals surface area contributed by atoms with Gasteiger partial charge in [-0.1, -0.05) is 23.9 Å². The summed E-state index contributed by atoms with van der Waals surface area (Å²) in [6, 6.07) is 6.39. The molecule has 0 unspecified atom stereocenters. The van der Waals surface area contributed by atoms with Crippen molar-refractivity contribution in [2.75, 3.05) is 12.3 Å². The van der Waals surface area contributed by atoms with E-state index in [2.05, 4.69) is 35.5 Å². The summed E-state index contributed by atoms with van der Waals surface area (Å²) < 4.78 is 2.06. The number of rotatable bonds is 6. The third-order valence-corrected chi connectivity index (χ3v) is 6.28. The van der Waals surface area contributed by atoms with Gasteiger partial charge in [-0.3, -0.25) is 9.36 Å². The molecule has 146 valence electrons. The predicted octanol–water partition coefficient (Wildman–Crippen LogP) is 3.73. The average Bonchev–Trinajstić information content (AvgIpc) is 3.10. The molecule has 6 heteroatoms. The van der Waals surface area contributed by atoms with Crippen LogP contribution in [-0.2, 0) is 4.79 Å². The summed E-state index contributed by atoms with van der Waals surface area (Å²) in [5, 5.41) is 10.6. The van der Waals surface area contributed by atoms with Crippen molar-refractivity contribution in [1.29, 1.82) is 0 Å². The highest BCUT2D eigenvalue weighted by Gasteiger charge is 2.27. The van der Waals surface area contributed by atoms with Gasteiger partial charge in [-0.05, 0) is 63.6 Å². The molecule has 2 atom stereocenters. The van der Waals surface area contributed by atoms with Gasteiger partial charge in [0.15, 0.2) is 5.16 Å². The van der Waals surface area contributed by atoms with Crippen LogP contribution in [0.25, 0.3) is 5.69 Å². The summed E-state index contributed by atoms with van der Waals surface area (Å²) in [6.07, 6.45) is 7.18. The van der Waals surface area contributed by atoms with Gasteiger partial charge < -0.3 is 10.0 Å². The minimum absolute atomic E-state index is 0.140. The molecule has 0 saturated carbocycles. The van der Waals surface area contributed by atoms with E-state index in [4.69, 9.17) is 0 Å². The van der Waals surface area contributed by atoms with Crippen molar-refractivity contribution in [2.45, 2.75) is 63.8 Å². The summed E-state index contributed by atoms with van der Waals surface area (Å²) in [5.41, 5.74) is 3.56. The second kappa shape index (κ2) is 8.93. The molecular weight excluding hydrogens is 358 g/mol. The minimum Gasteiger partial charge on any atom is -0.393 e. The molecule has 1 aromatic heterocycles. The molecule has 1 fully saturated rings. The molecule has 2 aromatic rings. The Morgan fingerprint density at radius 2 is 2.19 bits per heavy atom. The maximum Gasteiger partial charge on any atom is 0.233 e. The highest BCUT2D eigenvalue weighted by atomic mass is 32.2. The van der Waals surface area contributed by atoms with Crippen LogP contribution < -0.4 is 0 Å². The van der Waals surface area contributed by atoms with Gasteiger partial charge >= 0.3 is 0 Å². The number of imidazole rings is 1. The zero-order chi connectivity index (χ0) is 19.4. The van der Waals surface area contributed by atoms with E-state index < -0.39 is 0 Å². The molecule has 3 rings (SSSR count). The Morgan fingerprint density at radius 1 is 1.37 bits per heavy atom. The van der Waals surface area contributed by atoms with E-state index in [1.54, 1.807) is 13.1 Å². The van der Waals surface area contributed by atoms with Gasteiger partial charge in [0.1, 0.15) is 0 Å². The van der Waals surface area contributed by atoms with Crippen LogP contribution >= 0.6 is 11.8 Å². The number of thioether (sulfide) groups is 1. The molecule has 1 aromatic carbocycles. The number of hydrogen-bond donors (Lipinski definition) is 1. The molecule has 1 aliphatic rings. The van der Waals surface area contributed by atoms with Crippen molar-refractivity contribution in [2.24, 2.45) is 0 Å². The fourth-order valence-corrected chi connectivity index (χ4v) is 4.61. The molecule has 0 aliphatic carbocycles. The molecule has 2 heterocycles. The second-order valence-electron chi connectivity index (χ2n) is 7.41. The van der Waals surface area contributed by atoms with Crippen LogP contribution in [0.5, 0.6) is 0 Å². The molecule has 1 aliphatic heterocycles. The first-order valence-electron chi connectivity index (χ1n) is 9.67. The van der Waals surface area contributed by atoms with Crippen molar-refractivity contribution >= 4 is 17.7 Å². The summed E-state index contributed by atoms with van der Waals surface area (Å²) in [7, 11) is 0. The first kappa shape index (κ1) is 20.0. The number of amides is 1. The van der Waals surface area contributed by atoms with E-state index in [1.807, 2.05) is 17.2 Å². The number of aliphatic hydroxyl groups excluding tert-OH is 1. The number of likely N-dealkylation sites (tertiary alicyclic amines) is 1. The molecule has 0 bridgehead atoms. The lowest BCUT2D eigenvalue weighted by molar-refractivity contribution is -0.132. The monoisotopic (exact) mass is 387 g/mol. The van der Waals surface area contributed by atoms with Crippen molar-refractivity contribution in [1.82, 2.24) is 14.5 Å². The normalized spacial score (nSPS) is 18.5. The SMILES string of the molecule is Cc1cccc(-n2ccnc2SCC(=O)N2CCCC[C@H]2C[C@@H](C)O)c1C. The molecular formula is C21H29N3O2S. The quantitative estimate of drug-likeness (QED) is 0.767. The molecule has 0 spiro atoms. The topological polar surface area (TPSA) is 58.4 Å². The number of carbonyl (C=O) groups is 1. The largest absolute Gasteiger partial charge is 0.393 e. The van der Waals surface area contributed by atoms with Crippen LogP contribution in [0.1, 0.15) is 43.7 Å². The summed E-state index contributed by atoms with van der Waals surface area (Å²) in [5.74, 6) is 0.513. The van der Waals surface area contributed by atoms with Gasteiger partial charge in [-0.15, -0.1) is 0 Å². The molecule has 27 heavy (non-hydrogen) atoms. The van der Waals surface area contributed by atoms with Crippen molar-refractivity contribution in [3.05, 3.63) is 41.7 Å². The number of piperidine rings is 1. The third kappa shape index (κ3) is 4.74. The van der Waals surface area contributed by atoms with Crippen LogP contribution in [0, 0.1) is 13.8 Å². The number of aryl methyl sites for hydroxylation is 1. The first-order valence-corrected chi connectivity index (χ1v) is 10.7. The van der Waals surface area contributed by atoms with Crippen LogP contribution in [0.2, 0.25) is 0 Å². The Bertz CT molecular complexity index is 787. The van der Waals surface area contributed by atoms with E-state index in [-0.39, 0.29) is 18.1 Å². The van der Waals surface area contributed by atoms with Gasteiger partial charge in [0.25, 0.3) is 0 Å². The molecule has 5 nitrogen and oxygen atoms in total. The summed E-state index contributed by atoms with van der Waals surface area (Å²) >= 11 is 1.48. The number of hydrogen-bond acceptors (Lipinski definition) is 4. The van der Waals surface area contributed by atoms with Gasteiger partial charge in [0.2, 0.25) is 5.91 Å². The highest BCUT2D eigenvalue weighted by molar-refractivity contribution is 7.99. The summed E-state index contributed by atoms with van der Waals surface area (Å²) in [4.78, 5) is 19.3. The van der Waals surface area contributed by atoms with Crippen LogP contribution in [-0.4, -0.2) is 49.9 Å². The Hall–Kier alpha value is -1.79. The van der Waals surface area contributed by atoms with E-state index >= 15 is 0 Å². The Kier molecular flexibility index (Phi) is 6.60. The Morgan fingerprint density at radius 3 is 2.96 bits per heavy atom.